The van der Waals surface area contributed by atoms with E-state index in [-0.39, 0.29) is 5.41 Å². The van der Waals surface area contributed by atoms with Crippen LogP contribution in [0.4, 0.5) is 0 Å². The number of allylic oxidation sites excluding steroid dienone is 1. The molecule has 220 valence electrons. The third-order valence-electron chi connectivity index (χ3n) is 10.6. The van der Waals surface area contributed by atoms with Gasteiger partial charge in [-0.25, -0.2) is 0 Å². The molecule has 1 aromatic heterocycles. The third-order valence-corrected chi connectivity index (χ3v) is 10.6. The zero-order valence-corrected chi connectivity index (χ0v) is 25.9. The van der Waals surface area contributed by atoms with Crippen LogP contribution in [0.25, 0.3) is 60.9 Å². The van der Waals surface area contributed by atoms with Crippen molar-refractivity contribution in [2.75, 3.05) is 0 Å². The summed E-state index contributed by atoms with van der Waals surface area (Å²) in [4.78, 5) is 0. The number of para-hydroxylation sites is 1. The second kappa shape index (κ2) is 9.79. The van der Waals surface area contributed by atoms with Gasteiger partial charge in [-0.3, -0.25) is 0 Å². The molecular formula is C46H31N. The predicted molar refractivity (Wildman–Crippen MR) is 196 cm³/mol. The second-order valence-electron chi connectivity index (χ2n) is 12.9. The molecule has 0 saturated heterocycles. The van der Waals surface area contributed by atoms with Crippen molar-refractivity contribution < 1.29 is 0 Å². The number of benzene rings is 7. The number of fused-ring (bicyclic) bond motifs is 13. The Hall–Kier alpha value is -5.92. The molecule has 7 aromatic carbocycles. The zero-order chi connectivity index (χ0) is 31.1. The van der Waals surface area contributed by atoms with Crippen LogP contribution in [0, 0.1) is 0 Å². The Balaban J connectivity index is 1.24. The normalized spacial score (nSPS) is 13.4. The van der Waals surface area contributed by atoms with Crippen molar-refractivity contribution in [3.8, 4) is 39.1 Å². The Morgan fingerprint density at radius 3 is 1.77 bits per heavy atom. The molecule has 0 aliphatic heterocycles. The molecule has 1 heteroatoms. The molecule has 47 heavy (non-hydrogen) atoms. The van der Waals surface area contributed by atoms with E-state index in [1.54, 1.807) is 0 Å². The fourth-order valence-electron chi connectivity index (χ4n) is 8.68. The molecule has 0 fully saturated rings. The SMILES string of the molecule is C=CCc1cccc(-c2ccc(-n3c4ccccc4c4cc5c(cc43)-c3ccccc3C53c4ccccc4-c4ccccc43)cc2)c1. The van der Waals surface area contributed by atoms with Gasteiger partial charge in [-0.1, -0.05) is 133 Å². The van der Waals surface area contributed by atoms with Crippen LogP contribution in [0.3, 0.4) is 0 Å². The maximum atomic E-state index is 3.92. The lowest BCUT2D eigenvalue weighted by molar-refractivity contribution is 0.795. The molecule has 10 rings (SSSR count). The molecular weight excluding hydrogens is 567 g/mol. The first-order chi connectivity index (χ1) is 23.3. The lowest BCUT2D eigenvalue weighted by Gasteiger charge is -2.30. The van der Waals surface area contributed by atoms with Crippen LogP contribution in [0.1, 0.15) is 27.8 Å². The van der Waals surface area contributed by atoms with Crippen LogP contribution in [-0.2, 0) is 11.8 Å². The monoisotopic (exact) mass is 597 g/mol. The maximum absolute atomic E-state index is 3.92. The third kappa shape index (κ3) is 3.49. The molecule has 1 heterocycles. The van der Waals surface area contributed by atoms with E-state index in [2.05, 4.69) is 169 Å². The average molecular weight is 598 g/mol. The van der Waals surface area contributed by atoms with E-state index in [0.29, 0.717) is 0 Å². The standard InChI is InChI=1S/C46H31N/c1-2-12-30-13-11-14-32(27-30)31-23-25-33(26-24-31)47-44-22-10-6-18-37(44)39-28-43-38(29-45(39)47)36-17-5-9-21-42(36)46(43)40-19-7-3-15-34(40)35-16-4-8-20-41(35)46/h2-11,13-29H,1,12H2. The number of hydrogen-bond donors (Lipinski definition) is 0. The van der Waals surface area contributed by atoms with Gasteiger partial charge in [0.2, 0.25) is 0 Å². The number of hydrogen-bond acceptors (Lipinski definition) is 0. The van der Waals surface area contributed by atoms with Crippen molar-refractivity contribution in [1.82, 2.24) is 4.57 Å². The topological polar surface area (TPSA) is 4.93 Å². The van der Waals surface area contributed by atoms with Crippen molar-refractivity contribution >= 4 is 21.8 Å². The quantitative estimate of drug-likeness (QED) is 0.178. The molecule has 0 bridgehead atoms. The maximum Gasteiger partial charge on any atom is 0.0725 e. The lowest BCUT2D eigenvalue weighted by atomic mass is 9.70. The summed E-state index contributed by atoms with van der Waals surface area (Å²) in [5, 5.41) is 2.56. The van der Waals surface area contributed by atoms with Gasteiger partial charge in [0.1, 0.15) is 0 Å². The van der Waals surface area contributed by atoms with Crippen LogP contribution in [-0.4, -0.2) is 4.57 Å². The summed E-state index contributed by atoms with van der Waals surface area (Å²) in [6.45, 7) is 3.92. The summed E-state index contributed by atoms with van der Waals surface area (Å²) >= 11 is 0. The van der Waals surface area contributed by atoms with Crippen molar-refractivity contribution in [2.24, 2.45) is 0 Å². The van der Waals surface area contributed by atoms with Gasteiger partial charge in [0.25, 0.3) is 0 Å². The van der Waals surface area contributed by atoms with E-state index in [1.807, 2.05) is 6.08 Å². The van der Waals surface area contributed by atoms with Gasteiger partial charge in [0, 0.05) is 16.5 Å². The second-order valence-corrected chi connectivity index (χ2v) is 12.9. The van der Waals surface area contributed by atoms with Gasteiger partial charge in [0.15, 0.2) is 0 Å². The Kier molecular flexibility index (Phi) is 5.48. The average Bonchev–Trinajstić information content (AvgIpc) is 3.73. The summed E-state index contributed by atoms with van der Waals surface area (Å²) < 4.78 is 2.45. The molecule has 8 aromatic rings. The number of aromatic nitrogens is 1. The van der Waals surface area contributed by atoms with Crippen molar-refractivity contribution in [3.05, 3.63) is 198 Å². The minimum absolute atomic E-state index is 0.349. The Labute approximate surface area is 274 Å². The summed E-state index contributed by atoms with van der Waals surface area (Å²) in [5.74, 6) is 0. The van der Waals surface area contributed by atoms with Gasteiger partial charge in [-0.05, 0) is 98.0 Å². The molecule has 0 amide bonds. The van der Waals surface area contributed by atoms with Gasteiger partial charge in [-0.15, -0.1) is 6.58 Å². The van der Waals surface area contributed by atoms with Crippen molar-refractivity contribution in [2.45, 2.75) is 11.8 Å². The molecule has 1 nitrogen and oxygen atoms in total. The molecule has 0 unspecified atom stereocenters. The lowest BCUT2D eigenvalue weighted by Crippen LogP contribution is -2.25. The van der Waals surface area contributed by atoms with Crippen LogP contribution in [0.15, 0.2) is 170 Å². The molecule has 0 radical (unpaired) electrons. The van der Waals surface area contributed by atoms with Crippen LogP contribution in [0.2, 0.25) is 0 Å². The predicted octanol–water partition coefficient (Wildman–Crippen LogP) is 11.5. The highest BCUT2D eigenvalue weighted by Gasteiger charge is 2.51. The highest BCUT2D eigenvalue weighted by molar-refractivity contribution is 6.12. The molecule has 2 aliphatic rings. The van der Waals surface area contributed by atoms with Crippen LogP contribution in [0.5, 0.6) is 0 Å². The van der Waals surface area contributed by atoms with Gasteiger partial charge in [-0.2, -0.15) is 0 Å². The first kappa shape index (κ1) is 26.3. The molecule has 2 aliphatic carbocycles. The van der Waals surface area contributed by atoms with E-state index < -0.39 is 0 Å². The van der Waals surface area contributed by atoms with Gasteiger partial charge >= 0.3 is 0 Å². The van der Waals surface area contributed by atoms with Crippen LogP contribution < -0.4 is 0 Å². The Morgan fingerprint density at radius 2 is 1.09 bits per heavy atom. The molecule has 0 saturated carbocycles. The fraction of sp³-hybridized carbons (Fsp3) is 0.0435. The Bertz CT molecular complexity index is 2520. The van der Waals surface area contributed by atoms with E-state index in [4.69, 9.17) is 0 Å². The smallest absolute Gasteiger partial charge is 0.0725 e. The largest absolute Gasteiger partial charge is 0.309 e. The number of rotatable bonds is 4. The first-order valence-corrected chi connectivity index (χ1v) is 16.4. The minimum Gasteiger partial charge on any atom is -0.309 e. The van der Waals surface area contributed by atoms with E-state index in [0.717, 1.165) is 6.42 Å². The molecule has 1 spiro atoms. The summed E-state index contributed by atoms with van der Waals surface area (Å²) in [6.07, 6.45) is 2.84. The van der Waals surface area contributed by atoms with Gasteiger partial charge in [0.05, 0.1) is 16.4 Å². The van der Waals surface area contributed by atoms with Gasteiger partial charge < -0.3 is 4.57 Å². The highest BCUT2D eigenvalue weighted by atomic mass is 15.0. The molecule has 0 atom stereocenters. The highest BCUT2D eigenvalue weighted by Crippen LogP contribution is 2.63. The van der Waals surface area contributed by atoms with Crippen LogP contribution >= 0.6 is 0 Å². The number of nitrogens with zero attached hydrogens (tertiary/aromatic N) is 1. The minimum atomic E-state index is -0.349. The van der Waals surface area contributed by atoms with E-state index >= 15 is 0 Å². The van der Waals surface area contributed by atoms with Crippen molar-refractivity contribution in [1.29, 1.82) is 0 Å². The summed E-state index contributed by atoms with van der Waals surface area (Å²) in [6, 6.07) is 58.8. The zero-order valence-electron chi connectivity index (χ0n) is 25.9. The van der Waals surface area contributed by atoms with E-state index in [9.17, 15) is 0 Å². The Morgan fingerprint density at radius 1 is 0.468 bits per heavy atom. The summed E-state index contributed by atoms with van der Waals surface area (Å²) in [7, 11) is 0. The molecule has 0 N–H and O–H groups in total. The fourth-order valence-corrected chi connectivity index (χ4v) is 8.68. The first-order valence-electron chi connectivity index (χ1n) is 16.4. The van der Waals surface area contributed by atoms with E-state index in [1.165, 1.54) is 88.7 Å². The van der Waals surface area contributed by atoms with Crippen molar-refractivity contribution in [3.63, 3.8) is 0 Å². The summed E-state index contributed by atoms with van der Waals surface area (Å²) in [5.41, 5.74) is 17.8.